The van der Waals surface area contributed by atoms with Crippen LogP contribution in [0.3, 0.4) is 0 Å². The average Bonchev–Trinajstić information content (AvgIpc) is 2.03. The van der Waals surface area contributed by atoms with Gasteiger partial charge in [0.15, 0.2) is 0 Å². The number of hydrogen-bond acceptors (Lipinski definition) is 2. The fraction of sp³-hybridized carbons (Fsp3) is 1.00. The van der Waals surface area contributed by atoms with Gasteiger partial charge in [0.1, 0.15) is 0 Å². The molecular weight excluding hydrogens is 144 g/mol. The van der Waals surface area contributed by atoms with E-state index < -0.39 is 0 Å². The van der Waals surface area contributed by atoms with E-state index in [0.717, 1.165) is 5.94 Å². The molecule has 2 heteroatoms. The summed E-state index contributed by atoms with van der Waals surface area (Å²) in [4.78, 5) is 0. The SMILES string of the molecule is CSCOC1CCCCC1. The van der Waals surface area contributed by atoms with Crippen molar-refractivity contribution < 1.29 is 4.74 Å². The van der Waals surface area contributed by atoms with Crippen LogP contribution in [0.1, 0.15) is 32.1 Å². The van der Waals surface area contributed by atoms with Crippen LogP contribution in [0.4, 0.5) is 0 Å². The molecule has 0 N–H and O–H groups in total. The van der Waals surface area contributed by atoms with Gasteiger partial charge in [-0.2, -0.15) is 0 Å². The first-order chi connectivity index (χ1) is 4.93. The van der Waals surface area contributed by atoms with E-state index in [1.54, 1.807) is 11.8 Å². The summed E-state index contributed by atoms with van der Waals surface area (Å²) >= 11 is 1.77. The van der Waals surface area contributed by atoms with Crippen LogP contribution in [-0.2, 0) is 4.74 Å². The second kappa shape index (κ2) is 5.03. The minimum absolute atomic E-state index is 0.584. The molecule has 0 aromatic carbocycles. The molecule has 0 aromatic heterocycles. The van der Waals surface area contributed by atoms with Crippen LogP contribution in [0.15, 0.2) is 0 Å². The Morgan fingerprint density at radius 2 is 2.00 bits per heavy atom. The summed E-state index contributed by atoms with van der Waals surface area (Å²) in [6.07, 6.45) is 9.42. The third kappa shape index (κ3) is 2.93. The first kappa shape index (κ1) is 8.41. The highest BCUT2D eigenvalue weighted by atomic mass is 32.2. The van der Waals surface area contributed by atoms with Gasteiger partial charge in [0.2, 0.25) is 0 Å². The smallest absolute Gasteiger partial charge is 0.0921 e. The summed E-state index contributed by atoms with van der Waals surface area (Å²) in [5.41, 5.74) is 0. The second-order valence-corrected chi connectivity index (χ2v) is 3.65. The average molecular weight is 160 g/mol. The Hall–Kier alpha value is 0.310. The molecule has 0 radical (unpaired) electrons. The highest BCUT2D eigenvalue weighted by molar-refractivity contribution is 7.98. The molecule has 1 rings (SSSR count). The molecule has 10 heavy (non-hydrogen) atoms. The van der Waals surface area contributed by atoms with Gasteiger partial charge in [-0.05, 0) is 19.1 Å². The van der Waals surface area contributed by atoms with Gasteiger partial charge in [0, 0.05) is 0 Å². The van der Waals surface area contributed by atoms with E-state index in [9.17, 15) is 0 Å². The van der Waals surface area contributed by atoms with E-state index in [1.807, 2.05) is 0 Å². The molecular formula is C8H16OS. The highest BCUT2D eigenvalue weighted by Crippen LogP contribution is 2.20. The Labute approximate surface area is 67.5 Å². The molecule has 1 nitrogen and oxygen atoms in total. The van der Waals surface area contributed by atoms with Crippen LogP contribution in [0.2, 0.25) is 0 Å². The fourth-order valence-corrected chi connectivity index (χ4v) is 1.72. The molecule has 0 aliphatic heterocycles. The Bertz CT molecular complexity index is 79.3. The second-order valence-electron chi connectivity index (χ2n) is 2.83. The lowest BCUT2D eigenvalue weighted by molar-refractivity contribution is 0.0604. The number of rotatable bonds is 3. The minimum atomic E-state index is 0.584. The van der Waals surface area contributed by atoms with Crippen LogP contribution in [0, 0.1) is 0 Å². The van der Waals surface area contributed by atoms with E-state index in [0.29, 0.717) is 6.10 Å². The molecule has 1 saturated carbocycles. The summed E-state index contributed by atoms with van der Waals surface area (Å²) in [7, 11) is 0. The van der Waals surface area contributed by atoms with Gasteiger partial charge in [-0.25, -0.2) is 0 Å². The summed E-state index contributed by atoms with van der Waals surface area (Å²) in [6, 6.07) is 0. The van der Waals surface area contributed by atoms with Gasteiger partial charge in [-0.1, -0.05) is 19.3 Å². The third-order valence-corrected chi connectivity index (χ3v) is 2.35. The molecule has 0 bridgehead atoms. The van der Waals surface area contributed by atoms with Crippen LogP contribution < -0.4 is 0 Å². The first-order valence-electron chi connectivity index (χ1n) is 4.04. The maximum absolute atomic E-state index is 5.60. The Balaban J connectivity index is 2.02. The molecule has 0 spiro atoms. The largest absolute Gasteiger partial charge is 0.368 e. The zero-order valence-electron chi connectivity index (χ0n) is 6.64. The van der Waals surface area contributed by atoms with Gasteiger partial charge in [0.25, 0.3) is 0 Å². The minimum Gasteiger partial charge on any atom is -0.368 e. The molecule has 0 heterocycles. The standard InChI is InChI=1S/C8H16OS/c1-10-7-9-8-5-3-2-4-6-8/h8H,2-7H2,1H3. The predicted octanol–water partition coefficient (Wildman–Crippen LogP) is 2.66. The normalized spacial score (nSPS) is 21.3. The summed E-state index contributed by atoms with van der Waals surface area (Å²) in [5.74, 6) is 0.880. The molecule has 0 aromatic rings. The Morgan fingerprint density at radius 1 is 1.30 bits per heavy atom. The Morgan fingerprint density at radius 3 is 2.60 bits per heavy atom. The third-order valence-electron chi connectivity index (χ3n) is 1.97. The van der Waals surface area contributed by atoms with Crippen LogP contribution in [-0.4, -0.2) is 18.3 Å². The van der Waals surface area contributed by atoms with Crippen molar-refractivity contribution in [2.45, 2.75) is 38.2 Å². The van der Waals surface area contributed by atoms with E-state index in [-0.39, 0.29) is 0 Å². The van der Waals surface area contributed by atoms with Crippen LogP contribution in [0.5, 0.6) is 0 Å². The molecule has 0 amide bonds. The molecule has 60 valence electrons. The highest BCUT2D eigenvalue weighted by Gasteiger charge is 2.12. The van der Waals surface area contributed by atoms with E-state index in [1.165, 1.54) is 32.1 Å². The maximum Gasteiger partial charge on any atom is 0.0921 e. The molecule has 0 saturated heterocycles. The van der Waals surface area contributed by atoms with Crippen LogP contribution in [0.25, 0.3) is 0 Å². The van der Waals surface area contributed by atoms with Crippen molar-refractivity contribution in [2.75, 3.05) is 12.2 Å². The summed E-state index contributed by atoms with van der Waals surface area (Å²) < 4.78 is 5.60. The van der Waals surface area contributed by atoms with Crippen molar-refractivity contribution in [2.24, 2.45) is 0 Å². The van der Waals surface area contributed by atoms with Crippen molar-refractivity contribution in [3.05, 3.63) is 0 Å². The van der Waals surface area contributed by atoms with Crippen molar-refractivity contribution in [1.29, 1.82) is 0 Å². The van der Waals surface area contributed by atoms with Gasteiger partial charge in [0.05, 0.1) is 12.0 Å². The molecule has 1 aliphatic rings. The Kier molecular flexibility index (Phi) is 4.23. The fourth-order valence-electron chi connectivity index (χ4n) is 1.40. The van der Waals surface area contributed by atoms with Crippen LogP contribution >= 0.6 is 11.8 Å². The topological polar surface area (TPSA) is 9.23 Å². The van der Waals surface area contributed by atoms with Gasteiger partial charge >= 0.3 is 0 Å². The monoisotopic (exact) mass is 160 g/mol. The van der Waals surface area contributed by atoms with Gasteiger partial charge in [-0.15, -0.1) is 11.8 Å². The van der Waals surface area contributed by atoms with E-state index in [2.05, 4.69) is 6.26 Å². The summed E-state index contributed by atoms with van der Waals surface area (Å²) in [6.45, 7) is 0. The lowest BCUT2D eigenvalue weighted by Crippen LogP contribution is -2.15. The van der Waals surface area contributed by atoms with Crippen molar-refractivity contribution in [3.8, 4) is 0 Å². The van der Waals surface area contributed by atoms with Crippen molar-refractivity contribution in [1.82, 2.24) is 0 Å². The molecule has 0 unspecified atom stereocenters. The zero-order valence-corrected chi connectivity index (χ0v) is 7.45. The van der Waals surface area contributed by atoms with Gasteiger partial charge < -0.3 is 4.74 Å². The van der Waals surface area contributed by atoms with Crippen molar-refractivity contribution in [3.63, 3.8) is 0 Å². The number of hydrogen-bond donors (Lipinski definition) is 0. The number of thioether (sulfide) groups is 1. The lowest BCUT2D eigenvalue weighted by atomic mass is 9.98. The molecule has 1 aliphatic carbocycles. The lowest BCUT2D eigenvalue weighted by Gasteiger charge is -2.21. The maximum atomic E-state index is 5.60. The zero-order chi connectivity index (χ0) is 7.23. The van der Waals surface area contributed by atoms with E-state index >= 15 is 0 Å². The summed E-state index contributed by atoms with van der Waals surface area (Å²) in [5, 5.41) is 0. The van der Waals surface area contributed by atoms with Crippen molar-refractivity contribution >= 4 is 11.8 Å². The quantitative estimate of drug-likeness (QED) is 0.587. The predicted molar refractivity (Wildman–Crippen MR) is 46.3 cm³/mol. The molecule has 1 fully saturated rings. The first-order valence-corrected chi connectivity index (χ1v) is 5.43. The number of ether oxygens (including phenoxy) is 1. The molecule has 0 atom stereocenters. The van der Waals surface area contributed by atoms with E-state index in [4.69, 9.17) is 4.74 Å². The van der Waals surface area contributed by atoms with Gasteiger partial charge in [-0.3, -0.25) is 0 Å².